The Labute approximate surface area is 85.6 Å². The van der Waals surface area contributed by atoms with Crippen LogP contribution in [-0.2, 0) is 4.79 Å². The van der Waals surface area contributed by atoms with Crippen LogP contribution in [0.4, 0.5) is 0 Å². The average molecular weight is 208 g/mol. The van der Waals surface area contributed by atoms with E-state index in [1.165, 1.54) is 11.8 Å². The third-order valence-electron chi connectivity index (χ3n) is 1.44. The molecule has 0 bridgehead atoms. The SMILES string of the molecule is N#Cc1ccc(SCCC(=O)O)cn1. The van der Waals surface area contributed by atoms with Crippen molar-refractivity contribution in [3.8, 4) is 6.07 Å². The second kappa shape index (κ2) is 5.25. The highest BCUT2D eigenvalue weighted by atomic mass is 32.2. The molecular formula is C9H8N2O2S. The van der Waals surface area contributed by atoms with E-state index in [2.05, 4.69) is 4.98 Å². The van der Waals surface area contributed by atoms with E-state index >= 15 is 0 Å². The number of hydrogen-bond donors (Lipinski definition) is 1. The van der Waals surface area contributed by atoms with Crippen molar-refractivity contribution >= 4 is 17.7 Å². The molecule has 0 unspecified atom stereocenters. The van der Waals surface area contributed by atoms with Crippen molar-refractivity contribution in [3.05, 3.63) is 24.0 Å². The minimum Gasteiger partial charge on any atom is -0.481 e. The van der Waals surface area contributed by atoms with Crippen molar-refractivity contribution in [2.45, 2.75) is 11.3 Å². The zero-order valence-corrected chi connectivity index (χ0v) is 8.12. The van der Waals surface area contributed by atoms with E-state index in [0.29, 0.717) is 11.4 Å². The Morgan fingerprint density at radius 2 is 2.43 bits per heavy atom. The highest BCUT2D eigenvalue weighted by molar-refractivity contribution is 7.99. The predicted octanol–water partition coefficient (Wildman–Crippen LogP) is 1.52. The molecule has 0 atom stereocenters. The lowest BCUT2D eigenvalue weighted by atomic mass is 10.4. The second-order valence-corrected chi connectivity index (χ2v) is 3.65. The first-order chi connectivity index (χ1) is 6.72. The molecule has 72 valence electrons. The summed E-state index contributed by atoms with van der Waals surface area (Å²) in [6.45, 7) is 0. The lowest BCUT2D eigenvalue weighted by molar-refractivity contribution is -0.136. The lowest BCUT2D eigenvalue weighted by Crippen LogP contribution is -1.95. The maximum absolute atomic E-state index is 10.2. The van der Waals surface area contributed by atoms with E-state index in [9.17, 15) is 4.79 Å². The molecule has 4 nitrogen and oxygen atoms in total. The predicted molar refractivity (Wildman–Crippen MR) is 51.9 cm³/mol. The lowest BCUT2D eigenvalue weighted by Gasteiger charge is -1.97. The van der Waals surface area contributed by atoms with Crippen LogP contribution in [0.25, 0.3) is 0 Å². The Hall–Kier alpha value is -1.54. The Balaban J connectivity index is 2.45. The molecule has 1 heterocycles. The first-order valence-electron chi connectivity index (χ1n) is 3.93. The van der Waals surface area contributed by atoms with E-state index in [1.54, 1.807) is 18.3 Å². The van der Waals surface area contributed by atoms with E-state index in [4.69, 9.17) is 10.4 Å². The van der Waals surface area contributed by atoms with Gasteiger partial charge in [-0.05, 0) is 12.1 Å². The van der Waals surface area contributed by atoms with Gasteiger partial charge in [0.25, 0.3) is 0 Å². The molecule has 1 N–H and O–H groups in total. The number of aliphatic carboxylic acids is 1. The fourth-order valence-corrected chi connectivity index (χ4v) is 1.59. The molecule has 14 heavy (non-hydrogen) atoms. The van der Waals surface area contributed by atoms with Crippen LogP contribution in [0.2, 0.25) is 0 Å². The Kier molecular flexibility index (Phi) is 3.95. The number of carbonyl (C=O) groups is 1. The van der Waals surface area contributed by atoms with Gasteiger partial charge in [0.15, 0.2) is 0 Å². The number of hydrogen-bond acceptors (Lipinski definition) is 4. The van der Waals surface area contributed by atoms with Crippen LogP contribution in [-0.4, -0.2) is 21.8 Å². The van der Waals surface area contributed by atoms with Gasteiger partial charge in [-0.2, -0.15) is 5.26 Å². The zero-order valence-electron chi connectivity index (χ0n) is 7.30. The molecule has 0 amide bonds. The van der Waals surface area contributed by atoms with Crippen molar-refractivity contribution in [3.63, 3.8) is 0 Å². The zero-order chi connectivity index (χ0) is 10.4. The van der Waals surface area contributed by atoms with Crippen LogP contribution < -0.4 is 0 Å². The summed E-state index contributed by atoms with van der Waals surface area (Å²) in [4.78, 5) is 15.0. The van der Waals surface area contributed by atoms with Gasteiger partial charge in [-0.1, -0.05) is 0 Å². The van der Waals surface area contributed by atoms with Gasteiger partial charge in [0.1, 0.15) is 11.8 Å². The second-order valence-electron chi connectivity index (χ2n) is 2.48. The summed E-state index contributed by atoms with van der Waals surface area (Å²) in [5.74, 6) is -0.290. The summed E-state index contributed by atoms with van der Waals surface area (Å²) in [5, 5.41) is 16.9. The van der Waals surface area contributed by atoms with Gasteiger partial charge in [0.05, 0.1) is 6.42 Å². The molecule has 1 rings (SSSR count). The standard InChI is InChI=1S/C9H8N2O2S/c10-5-7-1-2-8(6-11-7)14-4-3-9(12)13/h1-2,6H,3-4H2,(H,12,13). The summed E-state index contributed by atoms with van der Waals surface area (Å²) < 4.78 is 0. The van der Waals surface area contributed by atoms with Gasteiger partial charge in [0, 0.05) is 16.8 Å². The highest BCUT2D eigenvalue weighted by Gasteiger charge is 1.99. The molecule has 0 spiro atoms. The molecule has 0 radical (unpaired) electrons. The van der Waals surface area contributed by atoms with Crippen molar-refractivity contribution in [2.75, 3.05) is 5.75 Å². The molecule has 0 aliphatic carbocycles. The van der Waals surface area contributed by atoms with Gasteiger partial charge < -0.3 is 5.11 Å². The number of thioether (sulfide) groups is 1. The number of carboxylic acids is 1. The Bertz CT molecular complexity index is 356. The fraction of sp³-hybridized carbons (Fsp3) is 0.222. The smallest absolute Gasteiger partial charge is 0.304 e. The van der Waals surface area contributed by atoms with E-state index in [-0.39, 0.29) is 6.42 Å². The first kappa shape index (κ1) is 10.5. The fourth-order valence-electron chi connectivity index (χ4n) is 0.788. The highest BCUT2D eigenvalue weighted by Crippen LogP contribution is 2.17. The number of carboxylic acid groups (broad SMARTS) is 1. The summed E-state index contributed by atoms with van der Waals surface area (Å²) >= 11 is 1.42. The van der Waals surface area contributed by atoms with Gasteiger partial charge in [-0.25, -0.2) is 4.98 Å². The van der Waals surface area contributed by atoms with Gasteiger partial charge >= 0.3 is 5.97 Å². The molecule has 0 aromatic carbocycles. The van der Waals surface area contributed by atoms with Crippen LogP contribution in [0.1, 0.15) is 12.1 Å². The van der Waals surface area contributed by atoms with Gasteiger partial charge in [0.2, 0.25) is 0 Å². The number of aromatic nitrogens is 1. The summed E-state index contributed by atoms with van der Waals surface area (Å²) in [5.41, 5.74) is 0.368. The van der Waals surface area contributed by atoms with E-state index in [0.717, 1.165) is 4.90 Å². The van der Waals surface area contributed by atoms with Crippen molar-refractivity contribution < 1.29 is 9.90 Å². The molecule has 0 saturated heterocycles. The molecule has 0 saturated carbocycles. The molecule has 5 heteroatoms. The van der Waals surface area contributed by atoms with Crippen LogP contribution in [0.15, 0.2) is 23.2 Å². The van der Waals surface area contributed by atoms with Gasteiger partial charge in [-0.15, -0.1) is 11.8 Å². The third kappa shape index (κ3) is 3.46. The van der Waals surface area contributed by atoms with Crippen molar-refractivity contribution in [2.24, 2.45) is 0 Å². The summed E-state index contributed by atoms with van der Waals surface area (Å²) in [7, 11) is 0. The van der Waals surface area contributed by atoms with Gasteiger partial charge in [-0.3, -0.25) is 4.79 Å². The largest absolute Gasteiger partial charge is 0.481 e. The quantitative estimate of drug-likeness (QED) is 0.759. The number of nitrogens with zero attached hydrogens (tertiary/aromatic N) is 2. The van der Waals surface area contributed by atoms with E-state index < -0.39 is 5.97 Å². The van der Waals surface area contributed by atoms with Crippen LogP contribution >= 0.6 is 11.8 Å². The third-order valence-corrected chi connectivity index (χ3v) is 2.42. The van der Waals surface area contributed by atoms with Crippen LogP contribution in [0.5, 0.6) is 0 Å². The van der Waals surface area contributed by atoms with Crippen molar-refractivity contribution in [1.29, 1.82) is 5.26 Å². The molecule has 0 aliphatic rings. The molecule has 1 aromatic rings. The maximum atomic E-state index is 10.2. The van der Waals surface area contributed by atoms with E-state index in [1.807, 2.05) is 6.07 Å². The first-order valence-corrected chi connectivity index (χ1v) is 4.91. The summed E-state index contributed by atoms with van der Waals surface area (Å²) in [6, 6.07) is 5.29. The average Bonchev–Trinajstić information content (AvgIpc) is 2.18. The Morgan fingerprint density at radius 3 is 2.93 bits per heavy atom. The van der Waals surface area contributed by atoms with Crippen LogP contribution in [0, 0.1) is 11.3 Å². The molecule has 0 aliphatic heterocycles. The minimum absolute atomic E-state index is 0.130. The van der Waals surface area contributed by atoms with Crippen molar-refractivity contribution in [1.82, 2.24) is 4.98 Å². The number of pyridine rings is 1. The topological polar surface area (TPSA) is 74.0 Å². The Morgan fingerprint density at radius 1 is 1.64 bits per heavy atom. The number of rotatable bonds is 4. The maximum Gasteiger partial charge on any atom is 0.304 e. The monoisotopic (exact) mass is 208 g/mol. The molecule has 1 aromatic heterocycles. The number of nitriles is 1. The summed E-state index contributed by atoms with van der Waals surface area (Å²) in [6.07, 6.45) is 1.70. The van der Waals surface area contributed by atoms with Crippen LogP contribution in [0.3, 0.4) is 0 Å². The molecule has 0 fully saturated rings. The molecular weight excluding hydrogens is 200 g/mol. The normalized spacial score (nSPS) is 9.36. The minimum atomic E-state index is -0.806.